The summed E-state index contributed by atoms with van der Waals surface area (Å²) in [6, 6.07) is 15.5. The summed E-state index contributed by atoms with van der Waals surface area (Å²) in [5, 5.41) is 7.30. The highest BCUT2D eigenvalue weighted by Crippen LogP contribution is 2.29. The summed E-state index contributed by atoms with van der Waals surface area (Å²) in [5.41, 5.74) is 2.11. The van der Waals surface area contributed by atoms with Crippen LogP contribution in [0.15, 0.2) is 54.7 Å². The number of para-hydroxylation sites is 1. The number of nitrogens with zero attached hydrogens (tertiary/aromatic N) is 4. The van der Waals surface area contributed by atoms with E-state index in [4.69, 9.17) is 4.74 Å². The summed E-state index contributed by atoms with van der Waals surface area (Å²) < 4.78 is 5.91. The Morgan fingerprint density at radius 3 is 2.67 bits per heavy atom. The Bertz CT molecular complexity index is 964. The molecule has 1 saturated heterocycles. The van der Waals surface area contributed by atoms with Gasteiger partial charge in [-0.3, -0.25) is 9.89 Å². The van der Waals surface area contributed by atoms with Crippen molar-refractivity contribution in [2.24, 2.45) is 0 Å². The van der Waals surface area contributed by atoms with E-state index in [2.05, 4.69) is 27.0 Å². The van der Waals surface area contributed by atoms with Crippen LogP contribution in [0.1, 0.15) is 30.3 Å². The average molecular weight is 406 g/mol. The van der Waals surface area contributed by atoms with Crippen LogP contribution >= 0.6 is 0 Å². The molecule has 0 spiro atoms. The van der Waals surface area contributed by atoms with E-state index in [1.54, 1.807) is 6.20 Å². The molecule has 0 atom stereocenters. The Kier molecular flexibility index (Phi) is 6.27. The maximum absolute atomic E-state index is 13.0. The number of aromatic nitrogens is 3. The predicted octanol–water partition coefficient (Wildman–Crippen LogP) is 3.61. The summed E-state index contributed by atoms with van der Waals surface area (Å²) in [7, 11) is 0. The van der Waals surface area contributed by atoms with E-state index in [9.17, 15) is 4.79 Å². The number of aromatic amines is 1. The Balaban J connectivity index is 1.42. The number of piperazine rings is 1. The zero-order chi connectivity index (χ0) is 20.8. The molecule has 3 aromatic rings. The first-order valence-electron chi connectivity index (χ1n) is 10.5. The molecule has 3 heterocycles. The van der Waals surface area contributed by atoms with Gasteiger partial charge in [0.05, 0.1) is 12.3 Å². The van der Waals surface area contributed by atoms with Gasteiger partial charge in [0.1, 0.15) is 17.3 Å². The highest BCUT2D eigenvalue weighted by Gasteiger charge is 2.24. The monoisotopic (exact) mass is 405 g/mol. The van der Waals surface area contributed by atoms with E-state index in [1.807, 2.05) is 53.4 Å². The average Bonchev–Trinajstić information content (AvgIpc) is 3.30. The number of anilines is 1. The molecular weight excluding hydrogens is 378 g/mol. The molecule has 1 aliphatic rings. The zero-order valence-corrected chi connectivity index (χ0v) is 17.3. The van der Waals surface area contributed by atoms with Crippen LogP contribution < -0.4 is 9.64 Å². The standard InChI is InChI=1S/C23H27N5O2/c1-2-3-16-30-21-9-5-4-8-18(21)19-17-20(26-25-19)23(29)28-14-12-27(13-15-28)22-10-6-7-11-24-22/h4-11,17H,2-3,12-16H2,1H3,(H,25,26). The van der Waals surface area contributed by atoms with E-state index < -0.39 is 0 Å². The number of ether oxygens (including phenoxy) is 1. The Morgan fingerprint density at radius 1 is 1.10 bits per heavy atom. The van der Waals surface area contributed by atoms with Crippen LogP contribution in [0.2, 0.25) is 0 Å². The molecule has 1 amide bonds. The molecule has 2 aromatic heterocycles. The Labute approximate surface area is 176 Å². The number of unbranched alkanes of at least 4 members (excludes halogenated alkanes) is 1. The second-order valence-electron chi connectivity index (χ2n) is 7.33. The largest absolute Gasteiger partial charge is 0.493 e. The van der Waals surface area contributed by atoms with E-state index in [0.717, 1.165) is 48.8 Å². The molecule has 156 valence electrons. The molecule has 4 rings (SSSR count). The minimum absolute atomic E-state index is 0.0289. The predicted molar refractivity (Wildman–Crippen MR) is 117 cm³/mol. The molecule has 1 aromatic carbocycles. The summed E-state index contributed by atoms with van der Waals surface area (Å²) in [5.74, 6) is 1.72. The molecule has 1 N–H and O–H groups in total. The summed E-state index contributed by atoms with van der Waals surface area (Å²) >= 11 is 0. The normalized spacial score (nSPS) is 14.0. The van der Waals surface area contributed by atoms with Gasteiger partial charge < -0.3 is 14.5 Å². The number of carbonyl (C=O) groups is 1. The van der Waals surface area contributed by atoms with Crippen LogP contribution in [-0.2, 0) is 0 Å². The van der Waals surface area contributed by atoms with Crippen LogP contribution in [0, 0.1) is 0 Å². The van der Waals surface area contributed by atoms with Crippen molar-refractivity contribution in [2.45, 2.75) is 19.8 Å². The number of hydrogen-bond donors (Lipinski definition) is 1. The molecular formula is C23H27N5O2. The van der Waals surface area contributed by atoms with Crippen LogP contribution in [0.5, 0.6) is 5.75 Å². The molecule has 30 heavy (non-hydrogen) atoms. The van der Waals surface area contributed by atoms with Crippen LogP contribution in [0.4, 0.5) is 5.82 Å². The van der Waals surface area contributed by atoms with Gasteiger partial charge in [0, 0.05) is 37.9 Å². The van der Waals surface area contributed by atoms with Gasteiger partial charge in [0.15, 0.2) is 0 Å². The fourth-order valence-corrected chi connectivity index (χ4v) is 3.55. The summed E-state index contributed by atoms with van der Waals surface area (Å²) in [4.78, 5) is 21.4. The van der Waals surface area contributed by atoms with Crippen molar-refractivity contribution in [3.05, 3.63) is 60.4 Å². The topological polar surface area (TPSA) is 74.3 Å². The van der Waals surface area contributed by atoms with Gasteiger partial charge in [-0.05, 0) is 36.8 Å². The van der Waals surface area contributed by atoms with Crippen molar-refractivity contribution in [1.29, 1.82) is 0 Å². The van der Waals surface area contributed by atoms with Gasteiger partial charge in [-0.2, -0.15) is 5.10 Å². The second-order valence-corrected chi connectivity index (χ2v) is 7.33. The third-order valence-corrected chi connectivity index (χ3v) is 5.27. The van der Waals surface area contributed by atoms with Gasteiger partial charge in [-0.25, -0.2) is 4.98 Å². The van der Waals surface area contributed by atoms with Gasteiger partial charge in [0.2, 0.25) is 0 Å². The molecule has 0 bridgehead atoms. The molecule has 0 aliphatic carbocycles. The van der Waals surface area contributed by atoms with Gasteiger partial charge in [0.25, 0.3) is 5.91 Å². The van der Waals surface area contributed by atoms with Gasteiger partial charge in [-0.15, -0.1) is 0 Å². The van der Waals surface area contributed by atoms with E-state index >= 15 is 0 Å². The molecule has 7 heteroatoms. The molecule has 7 nitrogen and oxygen atoms in total. The molecule has 0 unspecified atom stereocenters. The fraction of sp³-hybridized carbons (Fsp3) is 0.348. The lowest BCUT2D eigenvalue weighted by Gasteiger charge is -2.35. The lowest BCUT2D eigenvalue weighted by molar-refractivity contribution is 0.0740. The van der Waals surface area contributed by atoms with Crippen molar-refractivity contribution < 1.29 is 9.53 Å². The van der Waals surface area contributed by atoms with E-state index in [1.165, 1.54) is 0 Å². The van der Waals surface area contributed by atoms with E-state index in [-0.39, 0.29) is 5.91 Å². The minimum Gasteiger partial charge on any atom is -0.493 e. The number of amides is 1. The number of benzene rings is 1. The number of carbonyl (C=O) groups excluding carboxylic acids is 1. The quantitative estimate of drug-likeness (QED) is 0.608. The number of nitrogens with one attached hydrogen (secondary N) is 1. The maximum atomic E-state index is 13.0. The zero-order valence-electron chi connectivity index (χ0n) is 17.3. The first-order valence-corrected chi connectivity index (χ1v) is 10.5. The lowest BCUT2D eigenvalue weighted by Crippen LogP contribution is -2.49. The minimum atomic E-state index is -0.0289. The fourth-order valence-electron chi connectivity index (χ4n) is 3.55. The molecule has 0 radical (unpaired) electrons. The highest BCUT2D eigenvalue weighted by atomic mass is 16.5. The van der Waals surface area contributed by atoms with Crippen molar-refractivity contribution in [1.82, 2.24) is 20.1 Å². The van der Waals surface area contributed by atoms with Crippen molar-refractivity contribution >= 4 is 11.7 Å². The first-order chi connectivity index (χ1) is 14.8. The lowest BCUT2D eigenvalue weighted by atomic mass is 10.1. The highest BCUT2D eigenvalue weighted by molar-refractivity contribution is 5.93. The number of pyridine rings is 1. The Morgan fingerprint density at radius 2 is 1.90 bits per heavy atom. The van der Waals surface area contributed by atoms with Crippen LogP contribution in [0.25, 0.3) is 11.3 Å². The first kappa shape index (κ1) is 19.9. The molecule has 0 saturated carbocycles. The van der Waals surface area contributed by atoms with Crippen molar-refractivity contribution in [3.8, 4) is 17.0 Å². The SMILES string of the molecule is CCCCOc1ccccc1-c1cc(C(=O)N2CCN(c3ccccn3)CC2)[nH]n1. The molecule has 1 fully saturated rings. The summed E-state index contributed by atoms with van der Waals surface area (Å²) in [6.45, 7) is 5.64. The third kappa shape index (κ3) is 4.45. The number of H-pyrrole nitrogens is 1. The Hall–Kier alpha value is -3.35. The van der Waals surface area contributed by atoms with E-state index in [0.29, 0.717) is 25.4 Å². The summed E-state index contributed by atoms with van der Waals surface area (Å²) in [6.07, 6.45) is 3.88. The smallest absolute Gasteiger partial charge is 0.272 e. The number of rotatable bonds is 7. The number of hydrogen-bond acceptors (Lipinski definition) is 5. The maximum Gasteiger partial charge on any atom is 0.272 e. The van der Waals surface area contributed by atoms with Crippen molar-refractivity contribution in [3.63, 3.8) is 0 Å². The van der Waals surface area contributed by atoms with Crippen LogP contribution in [-0.4, -0.2) is 58.8 Å². The van der Waals surface area contributed by atoms with Crippen LogP contribution in [0.3, 0.4) is 0 Å². The third-order valence-electron chi connectivity index (χ3n) is 5.27. The van der Waals surface area contributed by atoms with Gasteiger partial charge >= 0.3 is 0 Å². The molecule has 1 aliphatic heterocycles. The second kappa shape index (κ2) is 9.43. The van der Waals surface area contributed by atoms with Gasteiger partial charge in [-0.1, -0.05) is 31.5 Å². The van der Waals surface area contributed by atoms with Crippen molar-refractivity contribution in [2.75, 3.05) is 37.7 Å².